The van der Waals surface area contributed by atoms with Crippen LogP contribution in [0.3, 0.4) is 0 Å². The molecule has 1 heterocycles. The third kappa shape index (κ3) is 2.00. The standard InChI is InChI=1S/C13H23N3O/c1-10(2)16-12(4-7-15-16)11(8-14)13(9-17)5-3-6-13/h4,7,10-11,17H,3,5-6,8-9,14H2,1-2H3/t11-/m1/s1. The van der Waals surface area contributed by atoms with Crippen molar-refractivity contribution in [2.75, 3.05) is 13.2 Å². The van der Waals surface area contributed by atoms with E-state index in [9.17, 15) is 5.11 Å². The van der Waals surface area contributed by atoms with Crippen molar-refractivity contribution < 1.29 is 5.11 Å². The summed E-state index contributed by atoms with van der Waals surface area (Å²) in [5, 5.41) is 14.1. The molecule has 0 saturated heterocycles. The quantitative estimate of drug-likeness (QED) is 0.818. The van der Waals surface area contributed by atoms with Gasteiger partial charge in [0.15, 0.2) is 0 Å². The van der Waals surface area contributed by atoms with E-state index < -0.39 is 0 Å². The highest BCUT2D eigenvalue weighted by Crippen LogP contribution is 2.50. The van der Waals surface area contributed by atoms with Crippen LogP contribution in [0.1, 0.15) is 50.8 Å². The predicted octanol–water partition coefficient (Wildman–Crippen LogP) is 1.67. The molecule has 1 fully saturated rings. The molecule has 2 rings (SSSR count). The molecular formula is C13H23N3O. The fourth-order valence-electron chi connectivity index (χ4n) is 2.96. The van der Waals surface area contributed by atoms with Gasteiger partial charge in [0.2, 0.25) is 0 Å². The van der Waals surface area contributed by atoms with Crippen molar-refractivity contribution in [1.29, 1.82) is 0 Å². The number of nitrogens with two attached hydrogens (primary N) is 1. The van der Waals surface area contributed by atoms with Gasteiger partial charge in [-0.15, -0.1) is 0 Å². The van der Waals surface area contributed by atoms with E-state index in [1.54, 1.807) is 0 Å². The molecule has 0 spiro atoms. The van der Waals surface area contributed by atoms with Crippen LogP contribution in [0.4, 0.5) is 0 Å². The minimum Gasteiger partial charge on any atom is -0.396 e. The molecule has 0 amide bonds. The van der Waals surface area contributed by atoms with Crippen molar-refractivity contribution in [3.8, 4) is 0 Å². The Kier molecular flexibility index (Phi) is 3.54. The van der Waals surface area contributed by atoms with Gasteiger partial charge in [-0.1, -0.05) is 6.42 Å². The van der Waals surface area contributed by atoms with Crippen LogP contribution in [0.25, 0.3) is 0 Å². The molecule has 4 heteroatoms. The molecule has 1 aliphatic carbocycles. The summed E-state index contributed by atoms with van der Waals surface area (Å²) in [5.74, 6) is 0.228. The van der Waals surface area contributed by atoms with E-state index in [4.69, 9.17) is 5.73 Å². The Morgan fingerprint density at radius 3 is 2.65 bits per heavy atom. The number of aromatic nitrogens is 2. The van der Waals surface area contributed by atoms with Gasteiger partial charge in [0.25, 0.3) is 0 Å². The molecule has 0 bridgehead atoms. The molecule has 1 aliphatic rings. The van der Waals surface area contributed by atoms with Gasteiger partial charge in [-0.3, -0.25) is 4.68 Å². The maximum absolute atomic E-state index is 9.68. The van der Waals surface area contributed by atoms with Crippen LogP contribution in [0.15, 0.2) is 12.3 Å². The van der Waals surface area contributed by atoms with Gasteiger partial charge in [0.1, 0.15) is 0 Å². The molecule has 96 valence electrons. The van der Waals surface area contributed by atoms with Crippen LogP contribution in [-0.4, -0.2) is 28.0 Å². The molecule has 0 aromatic carbocycles. The number of hydrogen-bond donors (Lipinski definition) is 2. The molecule has 1 aromatic heterocycles. The summed E-state index contributed by atoms with van der Waals surface area (Å²) in [6, 6.07) is 2.39. The van der Waals surface area contributed by atoms with E-state index in [-0.39, 0.29) is 17.9 Å². The summed E-state index contributed by atoms with van der Waals surface area (Å²) in [5.41, 5.74) is 7.13. The molecule has 0 unspecified atom stereocenters. The summed E-state index contributed by atoms with van der Waals surface area (Å²) in [6.45, 7) is 5.06. The molecule has 17 heavy (non-hydrogen) atoms. The average Bonchev–Trinajstić information content (AvgIpc) is 2.71. The zero-order valence-electron chi connectivity index (χ0n) is 10.8. The molecule has 1 aromatic rings. The highest BCUT2D eigenvalue weighted by atomic mass is 16.3. The number of aliphatic hydroxyl groups is 1. The van der Waals surface area contributed by atoms with Crippen LogP contribution in [0.5, 0.6) is 0 Å². The summed E-state index contributed by atoms with van der Waals surface area (Å²) in [6.07, 6.45) is 5.19. The summed E-state index contributed by atoms with van der Waals surface area (Å²) in [7, 11) is 0. The smallest absolute Gasteiger partial charge is 0.0494 e. The van der Waals surface area contributed by atoms with Gasteiger partial charge in [-0.05, 0) is 32.8 Å². The van der Waals surface area contributed by atoms with Gasteiger partial charge in [-0.25, -0.2) is 0 Å². The highest BCUT2D eigenvalue weighted by molar-refractivity contribution is 5.16. The lowest BCUT2D eigenvalue weighted by atomic mass is 9.60. The van der Waals surface area contributed by atoms with Gasteiger partial charge in [-0.2, -0.15) is 5.10 Å². The minimum absolute atomic E-state index is 0.00141. The van der Waals surface area contributed by atoms with Crippen LogP contribution >= 0.6 is 0 Å². The second-order valence-electron chi connectivity index (χ2n) is 5.46. The lowest BCUT2D eigenvalue weighted by Crippen LogP contribution is -2.43. The normalized spacial score (nSPS) is 20.3. The van der Waals surface area contributed by atoms with Crippen LogP contribution < -0.4 is 5.73 Å². The minimum atomic E-state index is 0.00141. The first-order valence-corrected chi connectivity index (χ1v) is 6.49. The molecule has 1 saturated carbocycles. The maximum atomic E-state index is 9.68. The third-order valence-corrected chi connectivity index (χ3v) is 4.19. The van der Waals surface area contributed by atoms with E-state index in [0.29, 0.717) is 12.6 Å². The molecule has 0 radical (unpaired) electrons. The molecule has 1 atom stereocenters. The third-order valence-electron chi connectivity index (χ3n) is 4.19. The number of rotatable bonds is 5. The second kappa shape index (κ2) is 4.78. The predicted molar refractivity (Wildman–Crippen MR) is 67.8 cm³/mol. The molecular weight excluding hydrogens is 214 g/mol. The van der Waals surface area contributed by atoms with E-state index in [2.05, 4.69) is 18.9 Å². The number of aliphatic hydroxyl groups excluding tert-OH is 1. The first kappa shape index (κ1) is 12.6. The average molecular weight is 237 g/mol. The lowest BCUT2D eigenvalue weighted by molar-refractivity contribution is 0.0163. The first-order valence-electron chi connectivity index (χ1n) is 6.49. The lowest BCUT2D eigenvalue weighted by Gasteiger charge is -2.46. The Morgan fingerprint density at radius 2 is 2.24 bits per heavy atom. The highest BCUT2D eigenvalue weighted by Gasteiger charge is 2.44. The van der Waals surface area contributed by atoms with E-state index in [1.165, 1.54) is 12.1 Å². The van der Waals surface area contributed by atoms with Crippen molar-refractivity contribution in [1.82, 2.24) is 9.78 Å². The monoisotopic (exact) mass is 237 g/mol. The van der Waals surface area contributed by atoms with Crippen molar-refractivity contribution in [3.63, 3.8) is 0 Å². The Hall–Kier alpha value is -0.870. The first-order chi connectivity index (χ1) is 8.14. The van der Waals surface area contributed by atoms with Crippen molar-refractivity contribution in [2.24, 2.45) is 11.1 Å². The van der Waals surface area contributed by atoms with Gasteiger partial charge in [0, 0.05) is 42.4 Å². The second-order valence-corrected chi connectivity index (χ2v) is 5.46. The van der Waals surface area contributed by atoms with Gasteiger partial charge >= 0.3 is 0 Å². The largest absolute Gasteiger partial charge is 0.396 e. The fourth-order valence-corrected chi connectivity index (χ4v) is 2.96. The van der Waals surface area contributed by atoms with Crippen LogP contribution in [0.2, 0.25) is 0 Å². The Morgan fingerprint density at radius 1 is 1.53 bits per heavy atom. The zero-order valence-corrected chi connectivity index (χ0v) is 10.8. The molecule has 3 N–H and O–H groups in total. The van der Waals surface area contributed by atoms with Gasteiger partial charge in [0.05, 0.1) is 0 Å². The van der Waals surface area contributed by atoms with E-state index in [1.807, 2.05) is 16.9 Å². The zero-order chi connectivity index (χ0) is 12.5. The summed E-state index contributed by atoms with van der Waals surface area (Å²) < 4.78 is 2.03. The van der Waals surface area contributed by atoms with Crippen LogP contribution in [-0.2, 0) is 0 Å². The van der Waals surface area contributed by atoms with E-state index >= 15 is 0 Å². The van der Waals surface area contributed by atoms with Gasteiger partial charge < -0.3 is 10.8 Å². The summed E-state index contributed by atoms with van der Waals surface area (Å²) >= 11 is 0. The number of hydrogen-bond acceptors (Lipinski definition) is 3. The summed E-state index contributed by atoms with van der Waals surface area (Å²) in [4.78, 5) is 0. The topological polar surface area (TPSA) is 64.1 Å². The number of nitrogens with zero attached hydrogens (tertiary/aromatic N) is 2. The fraction of sp³-hybridized carbons (Fsp3) is 0.769. The molecule has 4 nitrogen and oxygen atoms in total. The Bertz CT molecular complexity index is 363. The van der Waals surface area contributed by atoms with Crippen LogP contribution in [0, 0.1) is 5.41 Å². The Balaban J connectivity index is 2.31. The van der Waals surface area contributed by atoms with Crippen molar-refractivity contribution in [2.45, 2.75) is 45.1 Å². The SMILES string of the molecule is CC(C)n1nccc1[C@@H](CN)C1(CO)CCC1. The van der Waals surface area contributed by atoms with Crippen molar-refractivity contribution >= 4 is 0 Å². The maximum Gasteiger partial charge on any atom is 0.0494 e. The van der Waals surface area contributed by atoms with E-state index in [0.717, 1.165) is 12.8 Å². The molecule has 0 aliphatic heterocycles. The Labute approximate surface area is 103 Å². The van der Waals surface area contributed by atoms with Crippen molar-refractivity contribution in [3.05, 3.63) is 18.0 Å².